The minimum Gasteiger partial charge on any atom is -0.424 e. The van der Waals surface area contributed by atoms with Crippen LogP contribution in [0.4, 0.5) is 10.1 Å². The van der Waals surface area contributed by atoms with Gasteiger partial charge in [-0.05, 0) is 24.3 Å². The van der Waals surface area contributed by atoms with Gasteiger partial charge in [0.2, 0.25) is 0 Å². The zero-order chi connectivity index (χ0) is 11.4. The van der Waals surface area contributed by atoms with Crippen molar-refractivity contribution in [1.82, 2.24) is 9.97 Å². The third kappa shape index (κ3) is 2.44. The van der Waals surface area contributed by atoms with Crippen LogP contribution in [0, 0.1) is 5.82 Å². The van der Waals surface area contributed by atoms with Crippen LogP contribution in [0.25, 0.3) is 0 Å². The van der Waals surface area contributed by atoms with Gasteiger partial charge in [0, 0.05) is 12.7 Å². The van der Waals surface area contributed by atoms with Crippen molar-refractivity contribution in [2.45, 2.75) is 0 Å². The quantitative estimate of drug-likeness (QED) is 0.861. The lowest BCUT2D eigenvalue weighted by Crippen LogP contribution is -1.92. The van der Waals surface area contributed by atoms with Gasteiger partial charge in [0.05, 0.1) is 12.4 Å². The van der Waals surface area contributed by atoms with Crippen LogP contribution >= 0.6 is 0 Å². The number of anilines is 1. The van der Waals surface area contributed by atoms with Crippen LogP contribution in [0.15, 0.2) is 36.7 Å². The standard InChI is InChI=1S/C11H10FN3O/c1-13-9-2-4-10(5-3-9)16-11-14-6-8(12)7-15-11/h2-7,13H,1H3. The Kier molecular flexibility index (Phi) is 2.95. The maximum Gasteiger partial charge on any atom is 0.322 e. The Labute approximate surface area is 92.1 Å². The highest BCUT2D eigenvalue weighted by Gasteiger charge is 2.00. The lowest BCUT2D eigenvalue weighted by molar-refractivity contribution is 0.436. The number of nitrogens with zero attached hydrogens (tertiary/aromatic N) is 2. The summed E-state index contributed by atoms with van der Waals surface area (Å²) in [6.07, 6.45) is 2.12. The number of hydrogen-bond donors (Lipinski definition) is 1. The summed E-state index contributed by atoms with van der Waals surface area (Å²) in [4.78, 5) is 7.38. The molecule has 0 bridgehead atoms. The van der Waals surface area contributed by atoms with Gasteiger partial charge in [-0.2, -0.15) is 0 Å². The van der Waals surface area contributed by atoms with E-state index in [2.05, 4.69) is 15.3 Å². The summed E-state index contributed by atoms with van der Waals surface area (Å²) < 4.78 is 17.9. The Morgan fingerprint density at radius 2 is 1.75 bits per heavy atom. The van der Waals surface area contributed by atoms with E-state index in [0.717, 1.165) is 18.1 Å². The third-order valence-electron chi connectivity index (χ3n) is 1.95. The monoisotopic (exact) mass is 219 g/mol. The van der Waals surface area contributed by atoms with Crippen molar-refractivity contribution in [1.29, 1.82) is 0 Å². The second kappa shape index (κ2) is 4.57. The first-order valence-corrected chi connectivity index (χ1v) is 4.71. The van der Waals surface area contributed by atoms with E-state index in [1.807, 2.05) is 19.2 Å². The van der Waals surface area contributed by atoms with Crippen molar-refractivity contribution in [3.05, 3.63) is 42.5 Å². The van der Waals surface area contributed by atoms with E-state index in [9.17, 15) is 4.39 Å². The van der Waals surface area contributed by atoms with Crippen LogP contribution in [0.2, 0.25) is 0 Å². The fourth-order valence-corrected chi connectivity index (χ4v) is 1.15. The fraction of sp³-hybridized carbons (Fsp3) is 0.0909. The molecule has 1 N–H and O–H groups in total. The Morgan fingerprint density at radius 1 is 1.12 bits per heavy atom. The summed E-state index contributed by atoms with van der Waals surface area (Å²) in [6.45, 7) is 0. The first-order chi connectivity index (χ1) is 7.78. The van der Waals surface area contributed by atoms with Gasteiger partial charge < -0.3 is 10.1 Å². The van der Waals surface area contributed by atoms with Crippen molar-refractivity contribution >= 4 is 5.69 Å². The summed E-state index contributed by atoms with van der Waals surface area (Å²) in [6, 6.07) is 7.40. The summed E-state index contributed by atoms with van der Waals surface area (Å²) >= 11 is 0. The lowest BCUT2D eigenvalue weighted by Gasteiger charge is -2.04. The summed E-state index contributed by atoms with van der Waals surface area (Å²) in [7, 11) is 1.83. The molecule has 0 aliphatic carbocycles. The molecule has 2 aromatic rings. The Hall–Kier alpha value is -2.17. The molecule has 0 atom stereocenters. The number of ether oxygens (including phenoxy) is 1. The molecule has 0 saturated heterocycles. The van der Waals surface area contributed by atoms with Gasteiger partial charge >= 0.3 is 6.01 Å². The Bertz CT molecular complexity index is 456. The van der Waals surface area contributed by atoms with Crippen LogP contribution in [0.1, 0.15) is 0 Å². The van der Waals surface area contributed by atoms with Crippen LogP contribution in [0.5, 0.6) is 11.8 Å². The first-order valence-electron chi connectivity index (χ1n) is 4.71. The van der Waals surface area contributed by atoms with Gasteiger partial charge in [0.15, 0.2) is 5.82 Å². The van der Waals surface area contributed by atoms with Gasteiger partial charge in [-0.3, -0.25) is 0 Å². The molecule has 1 heterocycles. The first kappa shape index (κ1) is 10.4. The van der Waals surface area contributed by atoms with E-state index < -0.39 is 5.82 Å². The second-order valence-electron chi connectivity index (χ2n) is 3.06. The number of nitrogens with one attached hydrogen (secondary N) is 1. The normalized spacial score (nSPS) is 9.88. The molecule has 0 amide bonds. The predicted octanol–water partition coefficient (Wildman–Crippen LogP) is 2.45. The van der Waals surface area contributed by atoms with Crippen LogP contribution in [-0.2, 0) is 0 Å². The molecular weight excluding hydrogens is 209 g/mol. The van der Waals surface area contributed by atoms with Crippen molar-refractivity contribution in [2.24, 2.45) is 0 Å². The van der Waals surface area contributed by atoms with Crippen molar-refractivity contribution < 1.29 is 9.13 Å². The van der Waals surface area contributed by atoms with Crippen molar-refractivity contribution in [3.8, 4) is 11.8 Å². The molecule has 82 valence electrons. The highest BCUT2D eigenvalue weighted by Crippen LogP contribution is 2.19. The largest absolute Gasteiger partial charge is 0.424 e. The maximum atomic E-state index is 12.5. The minimum atomic E-state index is -0.488. The van der Waals surface area contributed by atoms with Gasteiger partial charge in [0.25, 0.3) is 0 Å². The van der Waals surface area contributed by atoms with Gasteiger partial charge in [-0.25, -0.2) is 14.4 Å². The Balaban J connectivity index is 2.11. The van der Waals surface area contributed by atoms with Crippen LogP contribution in [0.3, 0.4) is 0 Å². The average Bonchev–Trinajstić information content (AvgIpc) is 2.33. The van der Waals surface area contributed by atoms with E-state index in [0.29, 0.717) is 5.75 Å². The van der Waals surface area contributed by atoms with E-state index in [-0.39, 0.29) is 6.01 Å². The van der Waals surface area contributed by atoms with Crippen LogP contribution in [-0.4, -0.2) is 17.0 Å². The third-order valence-corrected chi connectivity index (χ3v) is 1.95. The summed E-state index contributed by atoms with van der Waals surface area (Å²) in [5.41, 5.74) is 0.979. The second-order valence-corrected chi connectivity index (χ2v) is 3.06. The lowest BCUT2D eigenvalue weighted by atomic mass is 10.3. The molecule has 0 fully saturated rings. The highest BCUT2D eigenvalue weighted by molar-refractivity contribution is 5.45. The molecule has 5 heteroatoms. The molecule has 0 saturated carbocycles. The van der Waals surface area contributed by atoms with Gasteiger partial charge in [0.1, 0.15) is 5.75 Å². The summed E-state index contributed by atoms with van der Waals surface area (Å²) in [5.74, 6) is 0.114. The van der Waals surface area contributed by atoms with E-state index in [4.69, 9.17) is 4.74 Å². The highest BCUT2D eigenvalue weighted by atomic mass is 19.1. The minimum absolute atomic E-state index is 0.124. The number of rotatable bonds is 3. The zero-order valence-corrected chi connectivity index (χ0v) is 8.64. The van der Waals surface area contributed by atoms with E-state index in [1.165, 1.54) is 0 Å². The zero-order valence-electron chi connectivity index (χ0n) is 8.64. The molecule has 0 spiro atoms. The number of aromatic nitrogens is 2. The van der Waals surface area contributed by atoms with Gasteiger partial charge in [-0.15, -0.1) is 0 Å². The molecular formula is C11H10FN3O. The molecule has 0 radical (unpaired) electrons. The molecule has 2 rings (SSSR count). The number of hydrogen-bond acceptors (Lipinski definition) is 4. The molecule has 0 unspecified atom stereocenters. The van der Waals surface area contributed by atoms with Crippen molar-refractivity contribution in [3.63, 3.8) is 0 Å². The van der Waals surface area contributed by atoms with E-state index >= 15 is 0 Å². The number of benzene rings is 1. The SMILES string of the molecule is CNc1ccc(Oc2ncc(F)cn2)cc1. The smallest absolute Gasteiger partial charge is 0.322 e. The van der Waals surface area contributed by atoms with Gasteiger partial charge in [-0.1, -0.05) is 0 Å². The molecule has 1 aromatic heterocycles. The number of halogens is 1. The van der Waals surface area contributed by atoms with Crippen LogP contribution < -0.4 is 10.1 Å². The predicted molar refractivity (Wildman–Crippen MR) is 58.1 cm³/mol. The van der Waals surface area contributed by atoms with Crippen molar-refractivity contribution in [2.75, 3.05) is 12.4 Å². The molecule has 0 aliphatic rings. The topological polar surface area (TPSA) is 47.0 Å². The van der Waals surface area contributed by atoms with E-state index in [1.54, 1.807) is 12.1 Å². The Morgan fingerprint density at radius 3 is 2.31 bits per heavy atom. The fourth-order valence-electron chi connectivity index (χ4n) is 1.15. The molecule has 4 nitrogen and oxygen atoms in total. The average molecular weight is 219 g/mol. The maximum absolute atomic E-state index is 12.5. The summed E-state index contributed by atoms with van der Waals surface area (Å²) in [5, 5.41) is 2.99. The molecule has 16 heavy (non-hydrogen) atoms. The molecule has 1 aromatic carbocycles. The molecule has 0 aliphatic heterocycles.